The van der Waals surface area contributed by atoms with Gasteiger partial charge in [-0.3, -0.25) is 0 Å². The number of aromatic nitrogens is 2. The zero-order valence-corrected chi connectivity index (χ0v) is 10.0. The quantitative estimate of drug-likeness (QED) is 0.880. The van der Waals surface area contributed by atoms with Crippen LogP contribution in [0.1, 0.15) is 25.5 Å². The third kappa shape index (κ3) is 2.53. The van der Waals surface area contributed by atoms with Gasteiger partial charge >= 0.3 is 0 Å². The first-order valence-corrected chi connectivity index (χ1v) is 5.75. The SMILES string of the molecule is CCNC(C)c1cc(F)ccc1-n1cccn1. The molecule has 0 amide bonds. The molecule has 1 atom stereocenters. The fraction of sp³-hybridized carbons (Fsp3) is 0.308. The summed E-state index contributed by atoms with van der Waals surface area (Å²) >= 11 is 0. The predicted molar refractivity (Wildman–Crippen MR) is 65.6 cm³/mol. The Balaban J connectivity index is 2.44. The fourth-order valence-corrected chi connectivity index (χ4v) is 1.91. The van der Waals surface area contributed by atoms with Gasteiger partial charge in [-0.1, -0.05) is 6.92 Å². The third-order valence-electron chi connectivity index (χ3n) is 2.72. The Hall–Kier alpha value is -1.68. The van der Waals surface area contributed by atoms with E-state index in [0.29, 0.717) is 0 Å². The molecule has 2 rings (SSSR count). The standard InChI is InChI=1S/C13H16FN3/c1-3-15-10(2)12-9-11(14)5-6-13(12)17-8-4-7-16-17/h4-10,15H,3H2,1-2H3. The smallest absolute Gasteiger partial charge is 0.123 e. The number of hydrogen-bond donors (Lipinski definition) is 1. The maximum Gasteiger partial charge on any atom is 0.123 e. The van der Waals surface area contributed by atoms with E-state index in [9.17, 15) is 4.39 Å². The van der Waals surface area contributed by atoms with Gasteiger partial charge in [0.05, 0.1) is 5.69 Å². The van der Waals surface area contributed by atoms with Gasteiger partial charge in [0, 0.05) is 18.4 Å². The second-order valence-corrected chi connectivity index (χ2v) is 3.93. The van der Waals surface area contributed by atoms with Gasteiger partial charge < -0.3 is 5.32 Å². The molecule has 1 heterocycles. The van der Waals surface area contributed by atoms with Crippen LogP contribution in [-0.2, 0) is 0 Å². The van der Waals surface area contributed by atoms with E-state index in [4.69, 9.17) is 0 Å². The topological polar surface area (TPSA) is 29.9 Å². The van der Waals surface area contributed by atoms with E-state index >= 15 is 0 Å². The van der Waals surface area contributed by atoms with Crippen molar-refractivity contribution in [3.8, 4) is 5.69 Å². The van der Waals surface area contributed by atoms with Crippen LogP contribution in [0, 0.1) is 5.82 Å². The molecule has 0 saturated carbocycles. The van der Waals surface area contributed by atoms with E-state index in [2.05, 4.69) is 10.4 Å². The van der Waals surface area contributed by atoms with Crippen LogP contribution in [0.25, 0.3) is 5.69 Å². The van der Waals surface area contributed by atoms with Crippen molar-refractivity contribution < 1.29 is 4.39 Å². The van der Waals surface area contributed by atoms with Crippen LogP contribution in [0.3, 0.4) is 0 Å². The first-order chi connectivity index (χ1) is 8.22. The molecular weight excluding hydrogens is 217 g/mol. The van der Waals surface area contributed by atoms with Crippen LogP contribution >= 0.6 is 0 Å². The normalized spacial score (nSPS) is 12.6. The molecule has 0 saturated heterocycles. The Morgan fingerprint density at radius 2 is 2.29 bits per heavy atom. The molecule has 3 nitrogen and oxygen atoms in total. The summed E-state index contributed by atoms with van der Waals surface area (Å²) in [6.45, 7) is 4.89. The number of rotatable bonds is 4. The molecule has 0 radical (unpaired) electrons. The van der Waals surface area contributed by atoms with Crippen LogP contribution in [-0.4, -0.2) is 16.3 Å². The van der Waals surface area contributed by atoms with E-state index in [1.165, 1.54) is 6.07 Å². The fourth-order valence-electron chi connectivity index (χ4n) is 1.91. The Kier molecular flexibility index (Phi) is 3.54. The first kappa shape index (κ1) is 11.8. The monoisotopic (exact) mass is 233 g/mol. The zero-order valence-electron chi connectivity index (χ0n) is 10.0. The summed E-state index contributed by atoms with van der Waals surface area (Å²) in [7, 11) is 0. The van der Waals surface area contributed by atoms with Gasteiger partial charge in [-0.05, 0) is 43.3 Å². The summed E-state index contributed by atoms with van der Waals surface area (Å²) in [4.78, 5) is 0. The number of halogens is 1. The van der Waals surface area contributed by atoms with Gasteiger partial charge in [0.1, 0.15) is 5.82 Å². The van der Waals surface area contributed by atoms with Gasteiger partial charge in [0.25, 0.3) is 0 Å². The highest BCUT2D eigenvalue weighted by atomic mass is 19.1. The number of hydrogen-bond acceptors (Lipinski definition) is 2. The summed E-state index contributed by atoms with van der Waals surface area (Å²) in [5.41, 5.74) is 1.82. The lowest BCUT2D eigenvalue weighted by Crippen LogP contribution is -2.19. The molecular formula is C13H16FN3. The van der Waals surface area contributed by atoms with Crippen molar-refractivity contribution in [2.75, 3.05) is 6.54 Å². The van der Waals surface area contributed by atoms with E-state index in [-0.39, 0.29) is 11.9 Å². The second-order valence-electron chi connectivity index (χ2n) is 3.93. The molecule has 0 aliphatic rings. The Bertz CT molecular complexity index is 479. The van der Waals surface area contributed by atoms with Gasteiger partial charge in [0.2, 0.25) is 0 Å². The van der Waals surface area contributed by atoms with Crippen molar-refractivity contribution in [2.45, 2.75) is 19.9 Å². The van der Waals surface area contributed by atoms with Crippen molar-refractivity contribution in [1.82, 2.24) is 15.1 Å². The van der Waals surface area contributed by atoms with Crippen LogP contribution in [0.4, 0.5) is 4.39 Å². The molecule has 17 heavy (non-hydrogen) atoms. The molecule has 0 aliphatic heterocycles. The van der Waals surface area contributed by atoms with Crippen molar-refractivity contribution in [3.63, 3.8) is 0 Å². The Labute approximate surface area is 100 Å². The van der Waals surface area contributed by atoms with Crippen molar-refractivity contribution in [3.05, 3.63) is 48.0 Å². The second kappa shape index (κ2) is 5.10. The maximum atomic E-state index is 13.3. The summed E-state index contributed by atoms with van der Waals surface area (Å²) in [6.07, 6.45) is 3.57. The molecule has 1 aromatic heterocycles. The van der Waals surface area contributed by atoms with Crippen LogP contribution in [0.15, 0.2) is 36.7 Å². The van der Waals surface area contributed by atoms with Crippen LogP contribution in [0.2, 0.25) is 0 Å². The summed E-state index contributed by atoms with van der Waals surface area (Å²) in [5, 5.41) is 7.47. The largest absolute Gasteiger partial charge is 0.310 e. The minimum Gasteiger partial charge on any atom is -0.310 e. The average Bonchev–Trinajstić information content (AvgIpc) is 2.82. The van der Waals surface area contributed by atoms with E-state index < -0.39 is 0 Å². The lowest BCUT2D eigenvalue weighted by Gasteiger charge is -2.17. The number of benzene rings is 1. The molecule has 4 heteroatoms. The first-order valence-electron chi connectivity index (χ1n) is 5.75. The summed E-state index contributed by atoms with van der Waals surface area (Å²) in [5.74, 6) is -0.222. The molecule has 1 aromatic carbocycles. The highest BCUT2D eigenvalue weighted by Gasteiger charge is 2.12. The predicted octanol–water partition coefficient (Wildman–Crippen LogP) is 2.68. The molecule has 90 valence electrons. The highest BCUT2D eigenvalue weighted by molar-refractivity contribution is 5.42. The van der Waals surface area contributed by atoms with Gasteiger partial charge in [-0.2, -0.15) is 5.10 Å². The minimum atomic E-state index is -0.222. The maximum absolute atomic E-state index is 13.3. The number of nitrogens with zero attached hydrogens (tertiary/aromatic N) is 2. The molecule has 0 spiro atoms. The van der Waals surface area contributed by atoms with Crippen LogP contribution < -0.4 is 5.32 Å². The minimum absolute atomic E-state index is 0.0925. The van der Waals surface area contributed by atoms with Gasteiger partial charge in [0.15, 0.2) is 0 Å². The molecule has 0 fully saturated rings. The van der Waals surface area contributed by atoms with E-state index in [0.717, 1.165) is 17.8 Å². The summed E-state index contributed by atoms with van der Waals surface area (Å²) in [6, 6.07) is 6.72. The lowest BCUT2D eigenvalue weighted by molar-refractivity contribution is 0.578. The van der Waals surface area contributed by atoms with Crippen molar-refractivity contribution in [2.24, 2.45) is 0 Å². The zero-order chi connectivity index (χ0) is 12.3. The Morgan fingerprint density at radius 3 is 2.94 bits per heavy atom. The average molecular weight is 233 g/mol. The lowest BCUT2D eigenvalue weighted by atomic mass is 10.1. The third-order valence-corrected chi connectivity index (χ3v) is 2.72. The highest BCUT2D eigenvalue weighted by Crippen LogP contribution is 2.22. The molecule has 2 aromatic rings. The van der Waals surface area contributed by atoms with E-state index in [1.54, 1.807) is 23.0 Å². The van der Waals surface area contributed by atoms with Crippen LogP contribution in [0.5, 0.6) is 0 Å². The van der Waals surface area contributed by atoms with Crippen molar-refractivity contribution >= 4 is 0 Å². The Morgan fingerprint density at radius 1 is 1.47 bits per heavy atom. The van der Waals surface area contributed by atoms with Gasteiger partial charge in [-0.25, -0.2) is 9.07 Å². The summed E-state index contributed by atoms with van der Waals surface area (Å²) < 4.78 is 15.1. The molecule has 1 unspecified atom stereocenters. The molecule has 0 aliphatic carbocycles. The van der Waals surface area contributed by atoms with E-state index in [1.807, 2.05) is 26.1 Å². The molecule has 1 N–H and O–H groups in total. The number of nitrogens with one attached hydrogen (secondary N) is 1. The molecule has 0 bridgehead atoms. The van der Waals surface area contributed by atoms with Gasteiger partial charge in [-0.15, -0.1) is 0 Å². The van der Waals surface area contributed by atoms with Crippen molar-refractivity contribution in [1.29, 1.82) is 0 Å².